The molecular weight excluding hydrogens is 93.0 g/mol. The third kappa shape index (κ3) is 5.60. The quantitative estimate of drug-likeness (QED) is 0.292. The fourth-order valence-electron chi connectivity index (χ4n) is 0.0645. The molecule has 0 aliphatic carbocycles. The molecule has 0 amide bonds. The first-order valence-electron chi connectivity index (χ1n) is 1.65. The number of carbonyl (C=O) groups is 1. The first-order chi connectivity index (χ1) is 2.81. The molecular formula is C3H8BeO3. The predicted octanol–water partition coefficient (Wildman–Crippen LogP) is 0.257. The van der Waals surface area contributed by atoms with Crippen LogP contribution in [0.2, 0.25) is 0 Å². The van der Waals surface area contributed by atoms with Gasteiger partial charge in [-0.25, -0.2) is 4.79 Å². The summed E-state index contributed by atoms with van der Waals surface area (Å²) in [6.07, 6.45) is 0.219. The van der Waals surface area contributed by atoms with Gasteiger partial charge in [-0.05, 0) is 0 Å². The zero-order valence-corrected chi connectivity index (χ0v) is 4.18. The molecule has 40 valence electrons. The SMILES string of the molecule is CCC(=O)OO.[Be+2].[H-].[H-]. The number of hydrogen-bond acceptors (Lipinski definition) is 3. The van der Waals surface area contributed by atoms with Crippen LogP contribution < -0.4 is 0 Å². The number of rotatable bonds is 1. The van der Waals surface area contributed by atoms with Gasteiger partial charge in [0.15, 0.2) is 0 Å². The monoisotopic (exact) mass is 101 g/mol. The predicted molar refractivity (Wildman–Crippen MR) is 27.0 cm³/mol. The van der Waals surface area contributed by atoms with Crippen LogP contribution in [0, 0.1) is 0 Å². The summed E-state index contributed by atoms with van der Waals surface area (Å²) in [5.74, 6) is -0.602. The molecule has 0 atom stereocenters. The van der Waals surface area contributed by atoms with E-state index in [-0.39, 0.29) is 19.4 Å². The fraction of sp³-hybridized carbons (Fsp3) is 0.667. The molecule has 4 heteroatoms. The summed E-state index contributed by atoms with van der Waals surface area (Å²) in [4.78, 5) is 13.0. The van der Waals surface area contributed by atoms with Gasteiger partial charge in [0.2, 0.25) is 0 Å². The Morgan fingerprint density at radius 3 is 2.43 bits per heavy atom. The molecule has 0 fully saturated rings. The van der Waals surface area contributed by atoms with E-state index in [1.165, 1.54) is 0 Å². The zero-order chi connectivity index (χ0) is 4.99. The molecule has 0 aromatic heterocycles. The molecule has 0 rings (SSSR count). The topological polar surface area (TPSA) is 46.5 Å². The van der Waals surface area contributed by atoms with Gasteiger partial charge in [-0.15, -0.1) is 0 Å². The van der Waals surface area contributed by atoms with Crippen molar-refractivity contribution in [2.45, 2.75) is 13.3 Å². The second-order valence-corrected chi connectivity index (χ2v) is 0.817. The molecule has 0 radical (unpaired) electrons. The Labute approximate surface area is 48.4 Å². The molecule has 0 bridgehead atoms. The van der Waals surface area contributed by atoms with Crippen molar-refractivity contribution < 1.29 is 17.8 Å². The van der Waals surface area contributed by atoms with Gasteiger partial charge in [0, 0.05) is 6.42 Å². The van der Waals surface area contributed by atoms with E-state index < -0.39 is 5.97 Å². The van der Waals surface area contributed by atoms with Gasteiger partial charge in [0.1, 0.15) is 0 Å². The third-order valence-corrected chi connectivity index (χ3v) is 0.390. The second kappa shape index (κ2) is 5.60. The molecule has 7 heavy (non-hydrogen) atoms. The minimum atomic E-state index is -0.602. The molecule has 0 saturated heterocycles. The van der Waals surface area contributed by atoms with E-state index in [4.69, 9.17) is 5.26 Å². The van der Waals surface area contributed by atoms with Crippen molar-refractivity contribution >= 4 is 16.1 Å². The number of hydrogen-bond donors (Lipinski definition) is 1. The van der Waals surface area contributed by atoms with Crippen molar-refractivity contribution in [2.24, 2.45) is 0 Å². The van der Waals surface area contributed by atoms with Crippen LogP contribution in [-0.4, -0.2) is 21.3 Å². The van der Waals surface area contributed by atoms with Crippen molar-refractivity contribution in [3.63, 3.8) is 0 Å². The van der Waals surface area contributed by atoms with Crippen molar-refractivity contribution in [3.8, 4) is 0 Å². The van der Waals surface area contributed by atoms with Crippen LogP contribution in [0.3, 0.4) is 0 Å². The Kier molecular flexibility index (Phi) is 7.82. The second-order valence-electron chi connectivity index (χ2n) is 0.817. The summed E-state index contributed by atoms with van der Waals surface area (Å²) >= 11 is 0. The minimum absolute atomic E-state index is 0. The summed E-state index contributed by atoms with van der Waals surface area (Å²) in [5, 5.41) is 7.49. The third-order valence-electron chi connectivity index (χ3n) is 0.390. The molecule has 0 saturated carbocycles. The normalized spacial score (nSPS) is 6.57. The van der Waals surface area contributed by atoms with E-state index in [1.807, 2.05) is 0 Å². The van der Waals surface area contributed by atoms with E-state index in [1.54, 1.807) is 6.92 Å². The van der Waals surface area contributed by atoms with E-state index in [0.717, 1.165) is 0 Å². The number of carbonyl (C=O) groups excluding carboxylic acids is 1. The molecule has 0 aromatic carbocycles. The van der Waals surface area contributed by atoms with Gasteiger partial charge in [-0.1, -0.05) is 6.92 Å². The summed E-state index contributed by atoms with van der Waals surface area (Å²) in [7, 11) is 0. The molecule has 0 aliphatic heterocycles. The van der Waals surface area contributed by atoms with Crippen molar-refractivity contribution in [1.82, 2.24) is 0 Å². The van der Waals surface area contributed by atoms with Crippen LogP contribution in [0.4, 0.5) is 0 Å². The minimum Gasteiger partial charge on any atom is -1.00 e. The Balaban J connectivity index is -0.0000000417. The average molecular weight is 101 g/mol. The largest absolute Gasteiger partial charge is 2.00 e. The smallest absolute Gasteiger partial charge is 1.00 e. The van der Waals surface area contributed by atoms with Gasteiger partial charge in [-0.3, -0.25) is 0 Å². The maximum atomic E-state index is 9.71. The first-order valence-corrected chi connectivity index (χ1v) is 1.65. The van der Waals surface area contributed by atoms with Gasteiger partial charge in [0.05, 0.1) is 0 Å². The molecule has 0 aromatic rings. The van der Waals surface area contributed by atoms with E-state index in [0.29, 0.717) is 0 Å². The Bertz CT molecular complexity index is 55.0. The summed E-state index contributed by atoms with van der Waals surface area (Å²) in [5.41, 5.74) is 0. The van der Waals surface area contributed by atoms with Gasteiger partial charge >= 0.3 is 16.1 Å². The zero-order valence-electron chi connectivity index (χ0n) is 6.18. The molecule has 1 N–H and O–H groups in total. The van der Waals surface area contributed by atoms with Crippen LogP contribution in [0.1, 0.15) is 16.2 Å². The fourth-order valence-corrected chi connectivity index (χ4v) is 0.0645. The summed E-state index contributed by atoms with van der Waals surface area (Å²) in [6, 6.07) is 0. The van der Waals surface area contributed by atoms with Crippen molar-refractivity contribution in [3.05, 3.63) is 0 Å². The van der Waals surface area contributed by atoms with Crippen LogP contribution in [0.5, 0.6) is 0 Å². The molecule has 0 aliphatic rings. The Morgan fingerprint density at radius 1 is 2.00 bits per heavy atom. The van der Waals surface area contributed by atoms with Gasteiger partial charge < -0.3 is 7.74 Å². The average Bonchev–Trinajstić information content (AvgIpc) is 1.65. The molecule has 0 heterocycles. The Hall–Kier alpha value is -0.401. The van der Waals surface area contributed by atoms with Gasteiger partial charge in [0.25, 0.3) is 0 Å². The summed E-state index contributed by atoms with van der Waals surface area (Å²) in [6.45, 7) is 1.60. The molecule has 3 nitrogen and oxygen atoms in total. The van der Waals surface area contributed by atoms with Crippen LogP contribution in [0.25, 0.3) is 0 Å². The standard InChI is InChI=1S/C3H6O3.Be.2H/c1-2-3(4)6-5;;;/h5H,2H2,1H3;;;/q;+2;2*-1. The van der Waals surface area contributed by atoms with Crippen LogP contribution >= 0.6 is 0 Å². The van der Waals surface area contributed by atoms with E-state index >= 15 is 0 Å². The maximum Gasteiger partial charge on any atom is 2.00 e. The molecule has 0 unspecified atom stereocenters. The first kappa shape index (κ1) is 9.78. The van der Waals surface area contributed by atoms with E-state index in [9.17, 15) is 4.79 Å². The van der Waals surface area contributed by atoms with Crippen LogP contribution in [0.15, 0.2) is 0 Å². The van der Waals surface area contributed by atoms with Gasteiger partial charge in [-0.2, -0.15) is 5.26 Å². The van der Waals surface area contributed by atoms with Crippen LogP contribution in [-0.2, 0) is 9.68 Å². The Morgan fingerprint density at radius 2 is 2.43 bits per heavy atom. The van der Waals surface area contributed by atoms with E-state index in [2.05, 4.69) is 4.89 Å². The van der Waals surface area contributed by atoms with Crippen molar-refractivity contribution in [2.75, 3.05) is 0 Å². The van der Waals surface area contributed by atoms with Crippen molar-refractivity contribution in [1.29, 1.82) is 0 Å². The summed E-state index contributed by atoms with van der Waals surface area (Å²) < 4.78 is 0. The maximum absolute atomic E-state index is 9.71. The molecule has 0 spiro atoms.